The van der Waals surface area contributed by atoms with Gasteiger partial charge in [-0.2, -0.15) is 0 Å². The van der Waals surface area contributed by atoms with E-state index < -0.39 is 0 Å². The molecule has 0 aliphatic carbocycles. The number of rotatable bonds is 3. The van der Waals surface area contributed by atoms with Crippen LogP contribution < -0.4 is 4.74 Å². The molecule has 0 N–H and O–H groups in total. The number of carbonyl (C=O) groups excluding carboxylic acids is 1. The highest BCUT2D eigenvalue weighted by Gasteiger charge is 2.32. The number of benzene rings is 1. The molecule has 0 fully saturated rings. The molecule has 0 saturated carbocycles. The van der Waals surface area contributed by atoms with Gasteiger partial charge >= 0.3 is 0 Å². The number of methoxy groups -OCH3 is 1. The van der Waals surface area contributed by atoms with Gasteiger partial charge in [0.2, 0.25) is 0 Å². The molecule has 1 aliphatic rings. The summed E-state index contributed by atoms with van der Waals surface area (Å²) in [4.78, 5) is 23.9. The van der Waals surface area contributed by atoms with Crippen LogP contribution in [0.2, 0.25) is 0 Å². The second kappa shape index (κ2) is 6.63. The van der Waals surface area contributed by atoms with Crippen molar-refractivity contribution in [2.75, 3.05) is 7.11 Å². The maximum Gasteiger partial charge on any atom is 0.273 e. The Morgan fingerprint density at radius 3 is 2.88 bits per heavy atom. The van der Waals surface area contributed by atoms with Gasteiger partial charge in [-0.3, -0.25) is 4.79 Å². The largest absolute Gasteiger partial charge is 0.497 e. The number of hydrogen-bond acceptors (Lipinski definition) is 4. The van der Waals surface area contributed by atoms with Crippen LogP contribution in [-0.2, 0) is 13.1 Å². The molecule has 0 bridgehead atoms. The van der Waals surface area contributed by atoms with Crippen molar-refractivity contribution in [1.82, 2.24) is 19.4 Å². The van der Waals surface area contributed by atoms with Crippen LogP contribution in [0.15, 0.2) is 54.9 Å². The van der Waals surface area contributed by atoms with Crippen molar-refractivity contribution in [2.24, 2.45) is 0 Å². The number of pyridine rings is 1. The molecule has 0 spiro atoms. The number of amides is 1. The average Bonchev–Trinajstić information content (AvgIpc) is 3.14. The van der Waals surface area contributed by atoms with Gasteiger partial charge in [-0.15, -0.1) is 0 Å². The Bertz CT molecular complexity index is 950. The molecule has 3 aromatic rings. The molecule has 6 heteroatoms. The first-order valence-corrected chi connectivity index (χ1v) is 8.54. The minimum Gasteiger partial charge on any atom is -0.497 e. The standard InChI is InChI=1S/C20H20N4O2/c1-14-5-3-8-17(22-14)20(25)24-13-19-21-9-10-23(19)12-18(24)15-6-4-7-16(11-15)26-2/h3-11,18H,12-13H2,1-2H3/t18-/m1/s1. The molecule has 2 aromatic heterocycles. The molecular weight excluding hydrogens is 328 g/mol. The van der Waals surface area contributed by atoms with E-state index in [1.165, 1.54) is 0 Å². The zero-order chi connectivity index (χ0) is 18.1. The van der Waals surface area contributed by atoms with Crippen LogP contribution in [0.1, 0.15) is 33.6 Å². The summed E-state index contributed by atoms with van der Waals surface area (Å²) >= 11 is 0. The molecule has 0 saturated heterocycles. The van der Waals surface area contributed by atoms with Gasteiger partial charge in [-0.05, 0) is 36.8 Å². The summed E-state index contributed by atoms with van der Waals surface area (Å²) in [6.07, 6.45) is 3.73. The molecule has 1 aromatic carbocycles. The summed E-state index contributed by atoms with van der Waals surface area (Å²) in [5, 5.41) is 0. The summed E-state index contributed by atoms with van der Waals surface area (Å²) in [5.74, 6) is 1.57. The fraction of sp³-hybridized carbons (Fsp3) is 0.250. The normalized spacial score (nSPS) is 16.2. The maximum absolute atomic E-state index is 13.2. The Balaban J connectivity index is 1.75. The zero-order valence-electron chi connectivity index (χ0n) is 14.8. The van der Waals surface area contributed by atoms with Gasteiger partial charge in [0.05, 0.1) is 19.7 Å². The van der Waals surface area contributed by atoms with Crippen LogP contribution in [0, 0.1) is 6.92 Å². The Hall–Kier alpha value is -3.15. The number of fused-ring (bicyclic) bond motifs is 1. The van der Waals surface area contributed by atoms with Gasteiger partial charge in [-0.1, -0.05) is 18.2 Å². The minimum atomic E-state index is -0.110. The second-order valence-corrected chi connectivity index (χ2v) is 6.39. The van der Waals surface area contributed by atoms with Crippen molar-refractivity contribution >= 4 is 5.91 Å². The van der Waals surface area contributed by atoms with Crippen LogP contribution in [0.3, 0.4) is 0 Å². The molecule has 1 aliphatic heterocycles. The summed E-state index contributed by atoms with van der Waals surface area (Å²) in [5.41, 5.74) is 2.31. The quantitative estimate of drug-likeness (QED) is 0.730. The fourth-order valence-electron chi connectivity index (χ4n) is 3.36. The van der Waals surface area contributed by atoms with Gasteiger partial charge < -0.3 is 14.2 Å². The van der Waals surface area contributed by atoms with E-state index in [1.54, 1.807) is 19.4 Å². The fourth-order valence-corrected chi connectivity index (χ4v) is 3.36. The van der Waals surface area contributed by atoms with E-state index in [2.05, 4.69) is 14.5 Å². The summed E-state index contributed by atoms with van der Waals surface area (Å²) in [6, 6.07) is 13.3. The lowest BCUT2D eigenvalue weighted by atomic mass is 10.0. The maximum atomic E-state index is 13.2. The molecule has 4 rings (SSSR count). The summed E-state index contributed by atoms with van der Waals surface area (Å²) in [7, 11) is 1.65. The Morgan fingerprint density at radius 2 is 2.08 bits per heavy atom. The van der Waals surface area contributed by atoms with Crippen molar-refractivity contribution in [3.05, 3.63) is 77.6 Å². The van der Waals surface area contributed by atoms with Gasteiger partial charge in [0, 0.05) is 24.6 Å². The molecule has 0 radical (unpaired) electrons. The number of aryl methyl sites for hydroxylation is 1. The first-order chi connectivity index (χ1) is 12.7. The lowest BCUT2D eigenvalue weighted by Gasteiger charge is -2.36. The second-order valence-electron chi connectivity index (χ2n) is 6.39. The van der Waals surface area contributed by atoms with Crippen molar-refractivity contribution in [3.63, 3.8) is 0 Å². The molecule has 6 nitrogen and oxygen atoms in total. The lowest BCUT2D eigenvalue weighted by Crippen LogP contribution is -2.41. The van der Waals surface area contributed by atoms with Crippen molar-refractivity contribution in [1.29, 1.82) is 0 Å². The monoisotopic (exact) mass is 348 g/mol. The number of nitrogens with zero attached hydrogens (tertiary/aromatic N) is 4. The van der Waals surface area contributed by atoms with Gasteiger partial charge in [0.1, 0.15) is 17.3 Å². The van der Waals surface area contributed by atoms with E-state index in [0.717, 1.165) is 22.8 Å². The van der Waals surface area contributed by atoms with E-state index in [4.69, 9.17) is 4.74 Å². The third-order valence-electron chi connectivity index (χ3n) is 4.71. The minimum absolute atomic E-state index is 0.0873. The Labute approximate surface area is 152 Å². The third-order valence-corrected chi connectivity index (χ3v) is 4.71. The number of imidazole rings is 1. The van der Waals surface area contributed by atoms with E-state index in [9.17, 15) is 4.79 Å². The van der Waals surface area contributed by atoms with Crippen molar-refractivity contribution in [3.8, 4) is 5.75 Å². The molecule has 0 unspecified atom stereocenters. The predicted octanol–water partition coefficient (Wildman–Crippen LogP) is 2.99. The highest BCUT2D eigenvalue weighted by molar-refractivity contribution is 5.92. The Kier molecular flexibility index (Phi) is 4.16. The number of carbonyl (C=O) groups is 1. The first kappa shape index (κ1) is 16.3. The van der Waals surface area contributed by atoms with Crippen LogP contribution in [0.4, 0.5) is 0 Å². The van der Waals surface area contributed by atoms with Gasteiger partial charge in [-0.25, -0.2) is 9.97 Å². The van der Waals surface area contributed by atoms with Gasteiger partial charge in [0.25, 0.3) is 5.91 Å². The lowest BCUT2D eigenvalue weighted by molar-refractivity contribution is 0.0577. The highest BCUT2D eigenvalue weighted by atomic mass is 16.5. The molecule has 132 valence electrons. The van der Waals surface area contributed by atoms with E-state index in [0.29, 0.717) is 18.8 Å². The topological polar surface area (TPSA) is 60.2 Å². The smallest absolute Gasteiger partial charge is 0.273 e. The average molecular weight is 348 g/mol. The van der Waals surface area contributed by atoms with Crippen LogP contribution in [0.25, 0.3) is 0 Å². The third kappa shape index (κ3) is 2.94. The molecule has 1 atom stereocenters. The molecule has 26 heavy (non-hydrogen) atoms. The number of ether oxygens (including phenoxy) is 1. The van der Waals surface area contributed by atoms with E-state index >= 15 is 0 Å². The van der Waals surface area contributed by atoms with Crippen LogP contribution in [-0.4, -0.2) is 32.5 Å². The zero-order valence-corrected chi connectivity index (χ0v) is 14.8. The SMILES string of the molecule is COc1cccc([C@H]2Cn3ccnc3CN2C(=O)c2cccc(C)n2)c1. The van der Waals surface area contributed by atoms with E-state index in [-0.39, 0.29) is 11.9 Å². The van der Waals surface area contributed by atoms with Gasteiger partial charge in [0.15, 0.2) is 0 Å². The Morgan fingerprint density at radius 1 is 1.23 bits per heavy atom. The number of aromatic nitrogens is 3. The summed E-state index contributed by atoms with van der Waals surface area (Å²) in [6.45, 7) is 2.99. The van der Waals surface area contributed by atoms with Crippen molar-refractivity contribution in [2.45, 2.75) is 26.1 Å². The predicted molar refractivity (Wildman–Crippen MR) is 96.8 cm³/mol. The molecule has 3 heterocycles. The van der Waals surface area contributed by atoms with E-state index in [1.807, 2.05) is 54.4 Å². The van der Waals surface area contributed by atoms with Crippen molar-refractivity contribution < 1.29 is 9.53 Å². The molecular formula is C20H20N4O2. The van der Waals surface area contributed by atoms with Crippen LogP contribution in [0.5, 0.6) is 5.75 Å². The first-order valence-electron chi connectivity index (χ1n) is 8.54. The number of hydrogen-bond donors (Lipinski definition) is 0. The van der Waals surface area contributed by atoms with Crippen LogP contribution >= 0.6 is 0 Å². The molecule has 1 amide bonds. The highest BCUT2D eigenvalue weighted by Crippen LogP contribution is 2.32. The summed E-state index contributed by atoms with van der Waals surface area (Å²) < 4.78 is 7.46.